The molecule has 1 N–H and O–H groups in total. The van der Waals surface area contributed by atoms with Crippen molar-refractivity contribution in [2.75, 3.05) is 38.2 Å². The Morgan fingerprint density at radius 2 is 2.10 bits per heavy atom. The van der Waals surface area contributed by atoms with Gasteiger partial charge in [-0.1, -0.05) is 0 Å². The monoisotopic (exact) mass is 430 g/mol. The van der Waals surface area contributed by atoms with Crippen LogP contribution in [-0.2, 0) is 14.3 Å². The van der Waals surface area contributed by atoms with E-state index in [9.17, 15) is 9.59 Å². The molecule has 2 aromatic rings. The van der Waals surface area contributed by atoms with Gasteiger partial charge in [0.05, 0.1) is 18.3 Å². The average molecular weight is 431 g/mol. The highest BCUT2D eigenvalue weighted by Gasteiger charge is 2.25. The van der Waals surface area contributed by atoms with Crippen LogP contribution in [0.4, 0.5) is 5.13 Å². The fourth-order valence-electron chi connectivity index (χ4n) is 3.80. The summed E-state index contributed by atoms with van der Waals surface area (Å²) < 4.78 is 11.1. The average Bonchev–Trinajstić information content (AvgIpc) is 3.48. The zero-order valence-corrected chi connectivity index (χ0v) is 17.6. The van der Waals surface area contributed by atoms with Gasteiger partial charge in [0, 0.05) is 49.1 Å². The molecule has 0 bridgehead atoms. The van der Waals surface area contributed by atoms with Gasteiger partial charge in [-0.05, 0) is 37.8 Å². The van der Waals surface area contributed by atoms with Gasteiger partial charge in [0.2, 0.25) is 5.91 Å². The van der Waals surface area contributed by atoms with Gasteiger partial charge < -0.3 is 14.4 Å². The molecule has 1 atom stereocenters. The lowest BCUT2D eigenvalue weighted by Crippen LogP contribution is -2.40. The van der Waals surface area contributed by atoms with Crippen molar-refractivity contribution in [2.24, 2.45) is 0 Å². The van der Waals surface area contributed by atoms with Crippen molar-refractivity contribution in [3.05, 3.63) is 41.2 Å². The number of likely N-dealkylation sites (tertiary alicyclic amines) is 1. The maximum absolute atomic E-state index is 12.4. The summed E-state index contributed by atoms with van der Waals surface area (Å²) in [7, 11) is 0. The predicted octanol–water partition coefficient (Wildman–Crippen LogP) is 2.69. The molecule has 0 aliphatic carbocycles. The summed E-state index contributed by atoms with van der Waals surface area (Å²) in [6, 6.07) is 3.70. The van der Waals surface area contributed by atoms with Crippen molar-refractivity contribution in [1.82, 2.24) is 14.9 Å². The molecule has 0 unspecified atom stereocenters. The zero-order chi connectivity index (χ0) is 20.8. The van der Waals surface area contributed by atoms with Crippen molar-refractivity contribution in [2.45, 2.75) is 37.7 Å². The lowest BCUT2D eigenvalue weighted by molar-refractivity contribution is -0.138. The van der Waals surface area contributed by atoms with E-state index in [1.54, 1.807) is 18.5 Å². The number of nitrogens with zero attached hydrogens (tertiary/aromatic N) is 3. The molecule has 2 fully saturated rings. The minimum absolute atomic E-state index is 0.0358. The molecular weight excluding hydrogens is 404 g/mol. The third-order valence-electron chi connectivity index (χ3n) is 5.52. The first-order valence-electron chi connectivity index (χ1n) is 10.3. The number of ether oxygens (including phenoxy) is 2. The van der Waals surface area contributed by atoms with E-state index in [-0.39, 0.29) is 30.4 Å². The molecule has 4 heterocycles. The number of piperidine rings is 1. The molecule has 0 saturated carbocycles. The summed E-state index contributed by atoms with van der Waals surface area (Å²) >= 11 is 1.37. The molecule has 2 saturated heterocycles. The highest BCUT2D eigenvalue weighted by Crippen LogP contribution is 2.27. The van der Waals surface area contributed by atoms with Crippen molar-refractivity contribution in [3.8, 4) is 0 Å². The SMILES string of the molecule is O=C(Nc1nccs1)c1ccc(C2CCN(C(=O)COC[C@@H]3CCCO3)CC2)nc1. The van der Waals surface area contributed by atoms with Crippen molar-refractivity contribution >= 4 is 28.3 Å². The largest absolute Gasteiger partial charge is 0.376 e. The van der Waals surface area contributed by atoms with Gasteiger partial charge in [-0.2, -0.15) is 0 Å². The van der Waals surface area contributed by atoms with Gasteiger partial charge in [0.15, 0.2) is 5.13 Å². The first-order valence-corrected chi connectivity index (χ1v) is 11.2. The van der Waals surface area contributed by atoms with Crippen LogP contribution >= 0.6 is 11.3 Å². The normalized spacial score (nSPS) is 19.7. The molecule has 2 aliphatic heterocycles. The van der Waals surface area contributed by atoms with Crippen LogP contribution < -0.4 is 5.32 Å². The van der Waals surface area contributed by atoms with E-state index in [4.69, 9.17) is 9.47 Å². The molecule has 9 heteroatoms. The number of hydrogen-bond acceptors (Lipinski definition) is 7. The third kappa shape index (κ3) is 5.41. The van der Waals surface area contributed by atoms with E-state index < -0.39 is 0 Å². The number of thiazole rings is 1. The molecule has 2 aliphatic rings. The summed E-state index contributed by atoms with van der Waals surface area (Å²) in [6.07, 6.45) is 7.19. The Labute approximate surface area is 179 Å². The smallest absolute Gasteiger partial charge is 0.259 e. The number of rotatable bonds is 7. The molecule has 30 heavy (non-hydrogen) atoms. The van der Waals surface area contributed by atoms with Gasteiger partial charge >= 0.3 is 0 Å². The maximum Gasteiger partial charge on any atom is 0.259 e. The van der Waals surface area contributed by atoms with Crippen molar-refractivity contribution in [1.29, 1.82) is 0 Å². The number of amides is 2. The number of carbonyl (C=O) groups is 2. The second-order valence-electron chi connectivity index (χ2n) is 7.57. The summed E-state index contributed by atoms with van der Waals surface area (Å²) in [5.41, 5.74) is 1.47. The number of nitrogens with one attached hydrogen (secondary N) is 1. The van der Waals surface area contributed by atoms with Gasteiger partial charge in [-0.15, -0.1) is 11.3 Å². The third-order valence-corrected chi connectivity index (χ3v) is 6.21. The Balaban J connectivity index is 1.21. The Morgan fingerprint density at radius 1 is 1.23 bits per heavy atom. The van der Waals surface area contributed by atoms with Crippen LogP contribution in [0.2, 0.25) is 0 Å². The number of hydrogen-bond donors (Lipinski definition) is 1. The van der Waals surface area contributed by atoms with Crippen LogP contribution in [0.15, 0.2) is 29.9 Å². The lowest BCUT2D eigenvalue weighted by atomic mass is 9.93. The summed E-state index contributed by atoms with van der Waals surface area (Å²) in [6.45, 7) is 2.79. The fourth-order valence-corrected chi connectivity index (χ4v) is 4.33. The van der Waals surface area contributed by atoms with E-state index >= 15 is 0 Å². The minimum Gasteiger partial charge on any atom is -0.376 e. The van der Waals surface area contributed by atoms with Crippen LogP contribution in [-0.4, -0.2) is 65.7 Å². The van der Waals surface area contributed by atoms with Crippen LogP contribution in [0.1, 0.15) is 47.7 Å². The first-order chi connectivity index (χ1) is 14.7. The van der Waals surface area contributed by atoms with Crippen LogP contribution in [0, 0.1) is 0 Å². The quantitative estimate of drug-likeness (QED) is 0.726. The molecule has 8 nitrogen and oxygen atoms in total. The van der Waals surface area contributed by atoms with Crippen LogP contribution in [0.5, 0.6) is 0 Å². The molecule has 0 aromatic carbocycles. The topological polar surface area (TPSA) is 93.7 Å². The van der Waals surface area contributed by atoms with Crippen molar-refractivity contribution in [3.63, 3.8) is 0 Å². The number of anilines is 1. The Kier molecular flexibility index (Phi) is 7.03. The van der Waals surface area contributed by atoms with E-state index in [1.807, 2.05) is 16.3 Å². The van der Waals surface area contributed by atoms with Gasteiger partial charge in [-0.3, -0.25) is 19.9 Å². The van der Waals surface area contributed by atoms with E-state index in [0.717, 1.165) is 38.0 Å². The molecule has 160 valence electrons. The molecule has 2 aromatic heterocycles. The van der Waals surface area contributed by atoms with E-state index in [1.165, 1.54) is 11.3 Å². The second kappa shape index (κ2) is 10.1. The second-order valence-corrected chi connectivity index (χ2v) is 8.46. The lowest BCUT2D eigenvalue weighted by Gasteiger charge is -2.31. The maximum atomic E-state index is 12.4. The van der Waals surface area contributed by atoms with Gasteiger partial charge in [0.1, 0.15) is 6.61 Å². The number of pyridine rings is 1. The Morgan fingerprint density at radius 3 is 2.77 bits per heavy atom. The standard InChI is InChI=1S/C21H26N4O4S/c26-19(14-28-13-17-2-1-10-29-17)25-8-5-15(6-9-25)18-4-3-16(12-23-18)20(27)24-21-22-7-11-30-21/h3-4,7,11-12,15,17H,1-2,5-6,8-10,13-14H2,(H,22,24,27)/t17-/m0/s1. The Hall–Kier alpha value is -2.36. The fraction of sp³-hybridized carbons (Fsp3) is 0.524. The number of carbonyl (C=O) groups excluding carboxylic acids is 2. The van der Waals surface area contributed by atoms with Crippen LogP contribution in [0.25, 0.3) is 0 Å². The highest BCUT2D eigenvalue weighted by atomic mass is 32.1. The predicted molar refractivity (Wildman–Crippen MR) is 113 cm³/mol. The van der Waals surface area contributed by atoms with Gasteiger partial charge in [-0.25, -0.2) is 4.98 Å². The van der Waals surface area contributed by atoms with E-state index in [0.29, 0.717) is 30.4 Å². The molecule has 0 radical (unpaired) electrons. The molecule has 2 amide bonds. The van der Waals surface area contributed by atoms with Crippen molar-refractivity contribution < 1.29 is 19.1 Å². The van der Waals surface area contributed by atoms with Crippen LogP contribution in [0.3, 0.4) is 0 Å². The van der Waals surface area contributed by atoms with E-state index in [2.05, 4.69) is 15.3 Å². The molecular formula is C21H26N4O4S. The summed E-state index contributed by atoms with van der Waals surface area (Å²) in [4.78, 5) is 35.0. The summed E-state index contributed by atoms with van der Waals surface area (Å²) in [5, 5.41) is 5.13. The first kappa shape index (κ1) is 20.9. The molecule has 0 spiro atoms. The zero-order valence-electron chi connectivity index (χ0n) is 16.8. The Bertz CT molecular complexity index is 829. The number of aromatic nitrogens is 2. The summed E-state index contributed by atoms with van der Waals surface area (Å²) in [5.74, 6) is 0.110. The minimum atomic E-state index is -0.215. The highest BCUT2D eigenvalue weighted by molar-refractivity contribution is 7.13. The van der Waals surface area contributed by atoms with Gasteiger partial charge in [0.25, 0.3) is 5.91 Å². The molecule has 4 rings (SSSR count).